The number of Topliss-reactive ketones (excluding diaryl/α,β-unsaturated/α-hetero) is 1. The lowest BCUT2D eigenvalue weighted by atomic mass is 9.73. The van der Waals surface area contributed by atoms with E-state index in [1.165, 1.54) is 21.0 Å². The summed E-state index contributed by atoms with van der Waals surface area (Å²) in [5.41, 5.74) is -3.44. The number of nitrogens with zero attached hydrogens (tertiary/aromatic N) is 1. The summed E-state index contributed by atoms with van der Waals surface area (Å²) in [5.74, 6) is -4.98. The van der Waals surface area contributed by atoms with Gasteiger partial charge in [0.25, 0.3) is 0 Å². The van der Waals surface area contributed by atoms with Crippen LogP contribution in [-0.4, -0.2) is 173 Å². The molecule has 1 aromatic rings. The lowest BCUT2D eigenvalue weighted by Gasteiger charge is -2.50. The second-order valence-corrected chi connectivity index (χ2v) is 19.8. The topological polar surface area (TPSA) is 215 Å². The van der Waals surface area contributed by atoms with E-state index in [-0.39, 0.29) is 50.3 Å². The molecule has 19 atom stereocenters. The van der Waals surface area contributed by atoms with Crippen molar-refractivity contribution in [1.29, 1.82) is 0 Å². The van der Waals surface area contributed by atoms with Crippen LogP contribution in [0.25, 0.3) is 0 Å². The van der Waals surface area contributed by atoms with Gasteiger partial charge < -0.3 is 68.9 Å². The third-order valence-corrected chi connectivity index (χ3v) is 14.2. The van der Waals surface area contributed by atoms with Gasteiger partial charge in [0.1, 0.15) is 29.7 Å². The van der Waals surface area contributed by atoms with E-state index in [1.807, 2.05) is 63.2 Å². The van der Waals surface area contributed by atoms with E-state index in [1.54, 1.807) is 41.5 Å². The van der Waals surface area contributed by atoms with Crippen LogP contribution in [0.1, 0.15) is 100 Å². The van der Waals surface area contributed by atoms with E-state index in [0.717, 1.165) is 12.0 Å². The summed E-state index contributed by atoms with van der Waals surface area (Å²) in [6, 6.07) is 9.63. The Bertz CT molecular complexity index is 1600. The molecule has 0 radical (unpaired) electrons. The number of rotatable bonds is 15. The van der Waals surface area contributed by atoms with Gasteiger partial charge in [-0.15, -0.1) is 0 Å². The number of ether oxygens (including phenoxy) is 7. The molecule has 0 aromatic heterocycles. The Hall–Kier alpha value is -2.16. The van der Waals surface area contributed by atoms with Crippen molar-refractivity contribution in [2.75, 3.05) is 40.9 Å². The number of ketones is 1. The quantitative estimate of drug-likeness (QED) is 0.110. The zero-order valence-corrected chi connectivity index (χ0v) is 40.6. The molecule has 368 valence electrons. The van der Waals surface area contributed by atoms with Crippen LogP contribution in [0, 0.1) is 23.7 Å². The van der Waals surface area contributed by atoms with E-state index < -0.39 is 108 Å². The monoisotopic (exact) mass is 911 g/mol. The number of aliphatic hydroxyl groups is 5. The molecular formula is C48H82N2O14. The summed E-state index contributed by atoms with van der Waals surface area (Å²) in [4.78, 5) is 30.8. The number of esters is 1. The van der Waals surface area contributed by atoms with E-state index in [9.17, 15) is 35.1 Å². The van der Waals surface area contributed by atoms with Gasteiger partial charge in [0, 0.05) is 43.9 Å². The maximum absolute atomic E-state index is 14.5. The van der Waals surface area contributed by atoms with Crippen LogP contribution in [0.15, 0.2) is 30.3 Å². The molecule has 1 aromatic carbocycles. The summed E-state index contributed by atoms with van der Waals surface area (Å²) < 4.78 is 45.1. The van der Waals surface area contributed by atoms with Gasteiger partial charge in [0.2, 0.25) is 0 Å². The highest BCUT2D eigenvalue weighted by molar-refractivity contribution is 5.83. The lowest BCUT2D eigenvalue weighted by molar-refractivity contribution is -0.321. The van der Waals surface area contributed by atoms with Gasteiger partial charge in [-0.1, -0.05) is 58.0 Å². The van der Waals surface area contributed by atoms with E-state index in [4.69, 9.17) is 33.2 Å². The fraction of sp³-hybridized carbons (Fsp3) is 0.833. The van der Waals surface area contributed by atoms with Crippen LogP contribution in [0.3, 0.4) is 0 Å². The average molecular weight is 911 g/mol. The number of benzene rings is 1. The first-order chi connectivity index (χ1) is 29.9. The first kappa shape index (κ1) is 54.4. The van der Waals surface area contributed by atoms with Crippen molar-refractivity contribution in [1.82, 2.24) is 10.2 Å². The normalized spacial score (nSPS) is 42.5. The molecule has 3 saturated heterocycles. The molecule has 3 fully saturated rings. The molecule has 3 aliphatic rings. The number of aliphatic hydroxyl groups excluding tert-OH is 4. The van der Waals surface area contributed by atoms with Gasteiger partial charge in [-0.2, -0.15) is 0 Å². The summed E-state index contributed by atoms with van der Waals surface area (Å²) >= 11 is 0. The van der Waals surface area contributed by atoms with Crippen LogP contribution in [0.5, 0.6) is 0 Å². The molecule has 64 heavy (non-hydrogen) atoms. The summed E-state index contributed by atoms with van der Waals surface area (Å²) in [7, 11) is 5.23. The molecule has 0 spiro atoms. The molecule has 6 N–H and O–H groups in total. The molecule has 16 nitrogen and oxygen atoms in total. The lowest BCUT2D eigenvalue weighted by Crippen LogP contribution is -2.62. The molecule has 0 aliphatic carbocycles. The predicted octanol–water partition coefficient (Wildman–Crippen LogP) is 3.00. The number of hydrogen-bond acceptors (Lipinski definition) is 16. The second kappa shape index (κ2) is 23.2. The van der Waals surface area contributed by atoms with Gasteiger partial charge in [0.15, 0.2) is 12.6 Å². The number of cyclic esters (lactones) is 1. The number of hydrogen-bond donors (Lipinski definition) is 6. The van der Waals surface area contributed by atoms with Crippen molar-refractivity contribution in [2.24, 2.45) is 23.7 Å². The second-order valence-electron chi connectivity index (χ2n) is 19.8. The predicted molar refractivity (Wildman–Crippen MR) is 239 cm³/mol. The molecule has 3 aliphatic heterocycles. The highest BCUT2D eigenvalue weighted by Gasteiger charge is 2.54. The summed E-state index contributed by atoms with van der Waals surface area (Å²) in [6.45, 7) is 17.5. The summed E-state index contributed by atoms with van der Waals surface area (Å²) in [6.07, 6.45) is -10.0. The van der Waals surface area contributed by atoms with Gasteiger partial charge >= 0.3 is 5.97 Å². The number of likely N-dealkylation sites (N-methyl/N-ethyl adjacent to an activating group) is 1. The molecule has 3 heterocycles. The van der Waals surface area contributed by atoms with Crippen molar-refractivity contribution < 1.29 is 68.3 Å². The molecule has 4 rings (SSSR count). The number of nitrogens with one attached hydrogen (secondary N) is 1. The molecule has 1 unspecified atom stereocenters. The third kappa shape index (κ3) is 13.1. The van der Waals surface area contributed by atoms with Crippen LogP contribution in [0.4, 0.5) is 0 Å². The Balaban J connectivity index is 1.85. The highest BCUT2D eigenvalue weighted by Crippen LogP contribution is 2.42. The van der Waals surface area contributed by atoms with Crippen LogP contribution >= 0.6 is 0 Å². The van der Waals surface area contributed by atoms with E-state index >= 15 is 0 Å². The Kier molecular flexibility index (Phi) is 19.8. The minimum absolute atomic E-state index is 0.0165. The van der Waals surface area contributed by atoms with Crippen molar-refractivity contribution in [2.45, 2.75) is 192 Å². The zero-order chi connectivity index (χ0) is 47.9. The fourth-order valence-electron chi connectivity index (χ4n) is 10.0. The minimum Gasteiger partial charge on any atom is -0.459 e. The van der Waals surface area contributed by atoms with Crippen molar-refractivity contribution in [3.05, 3.63) is 35.9 Å². The Morgan fingerprint density at radius 1 is 0.906 bits per heavy atom. The van der Waals surface area contributed by atoms with Crippen molar-refractivity contribution in [3.8, 4) is 0 Å². The third-order valence-electron chi connectivity index (χ3n) is 14.2. The van der Waals surface area contributed by atoms with Crippen LogP contribution < -0.4 is 5.32 Å². The van der Waals surface area contributed by atoms with Crippen molar-refractivity contribution in [3.63, 3.8) is 0 Å². The maximum atomic E-state index is 14.5. The van der Waals surface area contributed by atoms with Gasteiger partial charge in [-0.3, -0.25) is 9.59 Å². The van der Waals surface area contributed by atoms with Crippen LogP contribution in [-0.2, 0) is 49.2 Å². The molecule has 16 heteroatoms. The number of carbonyl (C=O) groups is 2. The standard InChI is InChI=1S/C48H82N2O14/c1-14-36-48(10,57)41(54)29(4)38(52)27(2)23-47(9,59-26-34(51)25-49-21-20-33-18-16-15-17-19-33)43(64-45-39(53)35(50(11)12)22-28(3)60-45)30(5)40(31(6)44(56)62-36)63-37-24-46(8,58-13)42(55)32(7)61-37/h15-19,27-32,34-37,39-43,45,49,51,53-55,57H,14,20-26H2,1-13H3/t27-,28-,29+,30+,31-,32+,34?,35+,36-,37+,39-,40+,41-,42+,43-,45+,46-,47+,48-/m1/s1. The average Bonchev–Trinajstić information content (AvgIpc) is 3.25. The first-order valence-electron chi connectivity index (χ1n) is 23.3. The van der Waals surface area contributed by atoms with Gasteiger partial charge in [0.05, 0.1) is 60.4 Å². The fourth-order valence-corrected chi connectivity index (χ4v) is 10.0. The van der Waals surface area contributed by atoms with Crippen molar-refractivity contribution >= 4 is 11.8 Å². The van der Waals surface area contributed by atoms with E-state index in [2.05, 4.69) is 5.32 Å². The van der Waals surface area contributed by atoms with Gasteiger partial charge in [-0.05, 0) is 93.4 Å². The highest BCUT2D eigenvalue weighted by atomic mass is 16.7. The Morgan fingerprint density at radius 2 is 1.56 bits per heavy atom. The zero-order valence-electron chi connectivity index (χ0n) is 40.6. The largest absolute Gasteiger partial charge is 0.459 e. The van der Waals surface area contributed by atoms with Gasteiger partial charge in [-0.25, -0.2) is 0 Å². The molecular weight excluding hydrogens is 829 g/mol. The van der Waals surface area contributed by atoms with Crippen LogP contribution in [0.2, 0.25) is 0 Å². The minimum atomic E-state index is -2.03. The maximum Gasteiger partial charge on any atom is 0.311 e. The molecule has 0 bridgehead atoms. The SMILES string of the molecule is CC[C@H]1OC(=O)[C@H](C)[C@@H](O[C@H]2C[C@@](C)(OC)[C@@H](O)[C@H](C)O2)[C@H](C)[C@@H](O[C@@H]2O[C@H](C)C[C@H](N(C)C)[C@H]2O)[C@@](C)(OCC(O)CNCCc2ccccc2)C[C@@H](C)C(=O)[C@H](C)[C@@H](O)[C@]1(C)O. The molecule has 0 saturated carbocycles. The smallest absolute Gasteiger partial charge is 0.311 e. The Morgan fingerprint density at radius 3 is 2.17 bits per heavy atom. The first-order valence-corrected chi connectivity index (χ1v) is 23.3. The Labute approximate surface area is 381 Å². The van der Waals surface area contributed by atoms with E-state index in [0.29, 0.717) is 13.0 Å². The number of methoxy groups -OCH3 is 1. The summed E-state index contributed by atoms with van der Waals surface area (Å²) in [5, 5.41) is 61.2. The number of carbonyl (C=O) groups excluding carboxylic acids is 2. The molecule has 0 amide bonds.